The molecular weight excluding hydrogens is 268 g/mol. The van der Waals surface area contributed by atoms with Gasteiger partial charge >= 0.3 is 0 Å². The molecule has 0 amide bonds. The van der Waals surface area contributed by atoms with E-state index in [1.807, 2.05) is 24.3 Å². The smallest absolute Gasteiger partial charge is 0.203 e. The van der Waals surface area contributed by atoms with E-state index in [0.29, 0.717) is 0 Å². The minimum atomic E-state index is 0.0943. The van der Waals surface area contributed by atoms with E-state index in [1.165, 1.54) is 11.1 Å². The second-order valence-electron chi connectivity index (χ2n) is 4.81. The molecule has 0 saturated heterocycles. The Labute approximate surface area is 123 Å². The lowest BCUT2D eigenvalue weighted by atomic mass is 10.1. The van der Waals surface area contributed by atoms with Crippen LogP contribution in [0.5, 0.6) is 5.75 Å². The van der Waals surface area contributed by atoms with Crippen molar-refractivity contribution in [1.82, 2.24) is 0 Å². The molecule has 0 atom stereocenters. The van der Waals surface area contributed by atoms with Gasteiger partial charge in [0.25, 0.3) is 0 Å². The Bertz CT molecular complexity index is 635. The second kappa shape index (κ2) is 5.71. The number of rotatable bonds is 4. The topological polar surface area (TPSA) is 26.3 Å². The molecule has 20 heavy (non-hydrogen) atoms. The highest BCUT2D eigenvalue weighted by Crippen LogP contribution is 2.38. The van der Waals surface area contributed by atoms with Crippen LogP contribution in [0.1, 0.15) is 28.4 Å². The average molecular weight is 284 g/mol. The van der Waals surface area contributed by atoms with Crippen molar-refractivity contribution < 1.29 is 9.53 Å². The molecule has 0 N–H and O–H groups in total. The highest BCUT2D eigenvalue weighted by molar-refractivity contribution is 7.98. The number of hydrogen-bond acceptors (Lipinski definition) is 3. The maximum absolute atomic E-state index is 11.8. The Morgan fingerprint density at radius 1 is 1.15 bits per heavy atom. The van der Waals surface area contributed by atoms with Crippen LogP contribution in [0.15, 0.2) is 47.4 Å². The predicted molar refractivity (Wildman–Crippen MR) is 81.6 cm³/mol. The quantitative estimate of drug-likeness (QED) is 0.790. The number of benzene rings is 2. The first-order chi connectivity index (χ1) is 9.78. The van der Waals surface area contributed by atoms with Crippen LogP contribution in [-0.4, -0.2) is 12.4 Å². The number of aryl methyl sites for hydroxylation is 1. The molecule has 3 heteroatoms. The Hall–Kier alpha value is -1.74. The van der Waals surface area contributed by atoms with Gasteiger partial charge in [0.2, 0.25) is 5.78 Å². The number of carbonyl (C=O) groups is 1. The third kappa shape index (κ3) is 2.59. The van der Waals surface area contributed by atoms with Gasteiger partial charge in [-0.25, -0.2) is 0 Å². The van der Waals surface area contributed by atoms with Crippen molar-refractivity contribution in [1.29, 1.82) is 0 Å². The summed E-state index contributed by atoms with van der Waals surface area (Å²) < 4.78 is 5.56. The van der Waals surface area contributed by atoms with Gasteiger partial charge < -0.3 is 4.74 Å². The average Bonchev–Trinajstić information content (AvgIpc) is 2.87. The zero-order chi connectivity index (χ0) is 13.9. The molecule has 102 valence electrons. The van der Waals surface area contributed by atoms with Gasteiger partial charge in [0.1, 0.15) is 5.75 Å². The fraction of sp³-hybridized carbons (Fsp3) is 0.235. The maximum atomic E-state index is 11.8. The van der Waals surface area contributed by atoms with Gasteiger partial charge in [0.15, 0.2) is 6.61 Å². The zero-order valence-corrected chi connectivity index (χ0v) is 12.2. The van der Waals surface area contributed by atoms with Crippen molar-refractivity contribution in [2.45, 2.75) is 24.0 Å². The van der Waals surface area contributed by atoms with Crippen molar-refractivity contribution >= 4 is 17.5 Å². The number of ether oxygens (including phenoxy) is 1. The molecule has 1 aliphatic heterocycles. The van der Waals surface area contributed by atoms with Crippen molar-refractivity contribution in [2.75, 3.05) is 6.61 Å². The van der Waals surface area contributed by atoms with Gasteiger partial charge in [0, 0.05) is 5.75 Å². The van der Waals surface area contributed by atoms with Crippen LogP contribution in [0.3, 0.4) is 0 Å². The van der Waals surface area contributed by atoms with Crippen molar-refractivity contribution in [3.63, 3.8) is 0 Å². The molecule has 3 rings (SSSR count). The molecule has 0 spiro atoms. The summed E-state index contributed by atoms with van der Waals surface area (Å²) >= 11 is 1.73. The summed E-state index contributed by atoms with van der Waals surface area (Å²) in [6, 6.07) is 14.4. The van der Waals surface area contributed by atoms with E-state index in [0.717, 1.165) is 28.4 Å². The summed E-state index contributed by atoms with van der Waals surface area (Å²) in [5.74, 6) is 1.75. The predicted octanol–water partition coefficient (Wildman–Crippen LogP) is 4.12. The molecule has 0 radical (unpaired) electrons. The zero-order valence-electron chi connectivity index (χ0n) is 11.4. The lowest BCUT2D eigenvalue weighted by molar-refractivity contribution is 0.0960. The fourth-order valence-corrected chi connectivity index (χ4v) is 3.33. The standard InChI is InChI=1S/C17H16O2S/c1-2-12-8-14-15(18)10-19-17(14)16(9-12)20-11-13-6-4-3-5-7-13/h3-9H,2,10-11H2,1H3. The van der Waals surface area contributed by atoms with Crippen LogP contribution in [0.25, 0.3) is 0 Å². The summed E-state index contributed by atoms with van der Waals surface area (Å²) in [5, 5.41) is 0. The third-order valence-corrected chi connectivity index (χ3v) is 4.50. The largest absolute Gasteiger partial charge is 0.483 e. The minimum Gasteiger partial charge on any atom is -0.483 e. The van der Waals surface area contributed by atoms with Gasteiger partial charge in [-0.1, -0.05) is 37.3 Å². The Balaban J connectivity index is 1.88. The molecule has 2 aromatic carbocycles. The van der Waals surface area contributed by atoms with E-state index in [2.05, 4.69) is 25.1 Å². The molecule has 0 aliphatic carbocycles. The van der Waals surface area contributed by atoms with Crippen LogP contribution in [0.2, 0.25) is 0 Å². The highest BCUT2D eigenvalue weighted by atomic mass is 32.2. The molecule has 2 aromatic rings. The van der Waals surface area contributed by atoms with Crippen LogP contribution >= 0.6 is 11.8 Å². The van der Waals surface area contributed by atoms with Crippen LogP contribution in [-0.2, 0) is 12.2 Å². The van der Waals surface area contributed by atoms with Gasteiger partial charge in [0.05, 0.1) is 10.5 Å². The van der Waals surface area contributed by atoms with Gasteiger partial charge in [-0.15, -0.1) is 11.8 Å². The summed E-state index contributed by atoms with van der Waals surface area (Å²) in [5.41, 5.74) is 3.22. The SMILES string of the molecule is CCc1cc(SCc2ccccc2)c2c(c1)C(=O)CO2. The monoisotopic (exact) mass is 284 g/mol. The van der Waals surface area contributed by atoms with Gasteiger partial charge in [-0.3, -0.25) is 4.79 Å². The van der Waals surface area contributed by atoms with E-state index in [1.54, 1.807) is 11.8 Å². The maximum Gasteiger partial charge on any atom is 0.203 e. The number of Topliss-reactive ketones (excluding diaryl/α,β-unsaturated/α-hetero) is 1. The van der Waals surface area contributed by atoms with E-state index in [9.17, 15) is 4.79 Å². The molecule has 0 bridgehead atoms. The summed E-state index contributed by atoms with van der Waals surface area (Å²) in [6.45, 7) is 2.29. The number of hydrogen-bond donors (Lipinski definition) is 0. The first-order valence-electron chi connectivity index (χ1n) is 6.77. The Morgan fingerprint density at radius 3 is 2.70 bits per heavy atom. The summed E-state index contributed by atoms with van der Waals surface area (Å²) in [7, 11) is 0. The number of fused-ring (bicyclic) bond motifs is 1. The van der Waals surface area contributed by atoms with Gasteiger partial charge in [-0.2, -0.15) is 0 Å². The molecule has 2 nitrogen and oxygen atoms in total. The lowest BCUT2D eigenvalue weighted by Crippen LogP contribution is -1.99. The molecule has 1 aliphatic rings. The minimum absolute atomic E-state index is 0.0943. The third-order valence-electron chi connectivity index (χ3n) is 3.41. The highest BCUT2D eigenvalue weighted by Gasteiger charge is 2.25. The summed E-state index contributed by atoms with van der Waals surface area (Å²) in [4.78, 5) is 12.9. The molecule has 0 fully saturated rings. The fourth-order valence-electron chi connectivity index (χ4n) is 2.28. The van der Waals surface area contributed by atoms with Crippen molar-refractivity contribution in [3.8, 4) is 5.75 Å². The molecule has 0 saturated carbocycles. The van der Waals surface area contributed by atoms with Crippen LogP contribution in [0, 0.1) is 0 Å². The van der Waals surface area contributed by atoms with E-state index in [4.69, 9.17) is 4.74 Å². The first-order valence-corrected chi connectivity index (χ1v) is 7.76. The number of thioether (sulfide) groups is 1. The molecular formula is C17H16O2S. The lowest BCUT2D eigenvalue weighted by Gasteiger charge is -2.09. The Morgan fingerprint density at radius 2 is 1.95 bits per heavy atom. The Kier molecular flexibility index (Phi) is 3.79. The number of ketones is 1. The van der Waals surface area contributed by atoms with E-state index >= 15 is 0 Å². The molecule has 1 heterocycles. The van der Waals surface area contributed by atoms with Gasteiger partial charge in [-0.05, 0) is 29.7 Å². The van der Waals surface area contributed by atoms with Crippen molar-refractivity contribution in [3.05, 3.63) is 59.2 Å². The first kappa shape index (κ1) is 13.3. The summed E-state index contributed by atoms with van der Waals surface area (Å²) in [6.07, 6.45) is 0.930. The van der Waals surface area contributed by atoms with Crippen molar-refractivity contribution in [2.24, 2.45) is 0 Å². The molecule has 0 unspecified atom stereocenters. The second-order valence-corrected chi connectivity index (χ2v) is 5.83. The van der Waals surface area contributed by atoms with E-state index in [-0.39, 0.29) is 12.4 Å². The van der Waals surface area contributed by atoms with E-state index < -0.39 is 0 Å². The molecule has 0 aromatic heterocycles. The van der Waals surface area contributed by atoms with Crippen LogP contribution in [0.4, 0.5) is 0 Å². The number of carbonyl (C=O) groups excluding carboxylic acids is 1. The normalized spacial score (nSPS) is 13.2. The van der Waals surface area contributed by atoms with Crippen LogP contribution < -0.4 is 4.74 Å².